The smallest absolute Gasteiger partial charge is 0.341 e. The van der Waals surface area contributed by atoms with E-state index in [2.05, 4.69) is 15.6 Å². The summed E-state index contributed by atoms with van der Waals surface area (Å²) in [5, 5.41) is 6.00. The van der Waals surface area contributed by atoms with Crippen LogP contribution in [0, 0.1) is 6.92 Å². The van der Waals surface area contributed by atoms with Crippen LogP contribution < -0.4 is 10.6 Å². The largest absolute Gasteiger partial charge is 0.452 e. The molecular weight excluding hydrogens is 426 g/mol. The quantitative estimate of drug-likeness (QED) is 0.401. The summed E-state index contributed by atoms with van der Waals surface area (Å²) in [5.74, 6) is -1.51. The molecule has 0 bridgehead atoms. The van der Waals surface area contributed by atoms with Gasteiger partial charge in [-0.2, -0.15) is 0 Å². The van der Waals surface area contributed by atoms with Gasteiger partial charge in [0.15, 0.2) is 6.61 Å². The van der Waals surface area contributed by atoms with Crippen molar-refractivity contribution in [2.45, 2.75) is 18.5 Å². The van der Waals surface area contributed by atoms with Crippen LogP contribution in [0.1, 0.15) is 31.8 Å². The normalized spacial score (nSPS) is 10.3. The van der Waals surface area contributed by atoms with Crippen molar-refractivity contribution in [3.05, 3.63) is 89.1 Å². The second-order valence-corrected chi connectivity index (χ2v) is 7.69. The molecule has 8 heteroatoms. The molecule has 0 atom stereocenters. The summed E-state index contributed by atoms with van der Waals surface area (Å²) in [6.07, 6.45) is 3.38. The van der Waals surface area contributed by atoms with Crippen molar-refractivity contribution in [1.82, 2.24) is 10.3 Å². The number of thioether (sulfide) groups is 1. The van der Waals surface area contributed by atoms with Gasteiger partial charge in [-0.05, 0) is 43.0 Å². The van der Waals surface area contributed by atoms with Gasteiger partial charge in [0.2, 0.25) is 0 Å². The predicted molar refractivity (Wildman–Crippen MR) is 124 cm³/mol. The van der Waals surface area contributed by atoms with E-state index in [1.165, 1.54) is 11.8 Å². The Morgan fingerprint density at radius 2 is 1.69 bits per heavy atom. The molecule has 2 N–H and O–H groups in total. The average Bonchev–Trinajstić information content (AvgIpc) is 2.82. The highest BCUT2D eigenvalue weighted by Gasteiger charge is 2.17. The molecule has 0 aliphatic rings. The Morgan fingerprint density at radius 3 is 2.44 bits per heavy atom. The summed E-state index contributed by atoms with van der Waals surface area (Å²) in [6, 6.07) is 17.7. The minimum atomic E-state index is -0.637. The van der Waals surface area contributed by atoms with E-state index in [9.17, 15) is 14.4 Å². The summed E-state index contributed by atoms with van der Waals surface area (Å²) >= 11 is 1.31. The van der Waals surface area contributed by atoms with E-state index in [0.29, 0.717) is 28.4 Å². The topological polar surface area (TPSA) is 97.4 Å². The highest BCUT2D eigenvalue weighted by molar-refractivity contribution is 7.98. The molecule has 164 valence electrons. The molecule has 1 aromatic heterocycles. The molecule has 0 fully saturated rings. The Morgan fingerprint density at radius 1 is 0.969 bits per heavy atom. The number of benzene rings is 2. The van der Waals surface area contributed by atoms with E-state index < -0.39 is 18.5 Å². The molecule has 0 saturated heterocycles. The zero-order chi connectivity index (χ0) is 22.9. The molecule has 0 radical (unpaired) electrons. The first-order valence-electron chi connectivity index (χ1n) is 9.86. The van der Waals surface area contributed by atoms with E-state index in [1.54, 1.807) is 48.9 Å². The molecule has 0 spiro atoms. The molecule has 2 amide bonds. The fraction of sp³-hybridized carbons (Fsp3) is 0.167. The number of esters is 1. The van der Waals surface area contributed by atoms with Gasteiger partial charge in [0.05, 0.1) is 16.8 Å². The number of aryl methyl sites for hydroxylation is 1. The molecule has 3 rings (SSSR count). The van der Waals surface area contributed by atoms with E-state index >= 15 is 0 Å². The standard InChI is InChI=1S/C24H23N3O4S/c1-16-9-11-17(12-10-16)14-26-22(29)18-6-3-4-8-20(18)27-21(28)15-31-24(30)19-7-5-13-25-23(19)32-2/h3-13H,14-15H2,1-2H3,(H,26,29)(H,27,28). The van der Waals surface area contributed by atoms with Crippen molar-refractivity contribution in [3.8, 4) is 0 Å². The van der Waals surface area contributed by atoms with Crippen LogP contribution in [0.25, 0.3) is 0 Å². The molecule has 3 aromatic rings. The van der Waals surface area contributed by atoms with Gasteiger partial charge in [0.25, 0.3) is 11.8 Å². The van der Waals surface area contributed by atoms with Gasteiger partial charge in [-0.15, -0.1) is 11.8 Å². The first-order chi connectivity index (χ1) is 15.5. The van der Waals surface area contributed by atoms with Gasteiger partial charge in [-0.1, -0.05) is 42.0 Å². The van der Waals surface area contributed by atoms with E-state index in [1.807, 2.05) is 31.2 Å². The summed E-state index contributed by atoms with van der Waals surface area (Å²) in [6.45, 7) is 1.87. The van der Waals surface area contributed by atoms with Crippen LogP contribution >= 0.6 is 11.8 Å². The third kappa shape index (κ3) is 6.18. The summed E-state index contributed by atoms with van der Waals surface area (Å²) < 4.78 is 5.12. The van der Waals surface area contributed by atoms with Crippen molar-refractivity contribution in [2.75, 3.05) is 18.2 Å². The van der Waals surface area contributed by atoms with Gasteiger partial charge in [0, 0.05) is 12.7 Å². The minimum absolute atomic E-state index is 0.295. The fourth-order valence-electron chi connectivity index (χ4n) is 2.88. The molecule has 7 nitrogen and oxygen atoms in total. The van der Waals surface area contributed by atoms with Crippen LogP contribution in [0.15, 0.2) is 71.9 Å². The zero-order valence-electron chi connectivity index (χ0n) is 17.8. The number of amides is 2. The lowest BCUT2D eigenvalue weighted by Crippen LogP contribution is -2.26. The fourth-order valence-corrected chi connectivity index (χ4v) is 3.42. The Balaban J connectivity index is 1.59. The molecule has 0 aliphatic heterocycles. The number of ether oxygens (including phenoxy) is 1. The molecular formula is C24H23N3O4S. The van der Waals surface area contributed by atoms with Crippen molar-refractivity contribution < 1.29 is 19.1 Å². The lowest BCUT2D eigenvalue weighted by Gasteiger charge is -2.12. The number of hydrogen-bond acceptors (Lipinski definition) is 6. The average molecular weight is 450 g/mol. The number of nitrogens with one attached hydrogen (secondary N) is 2. The molecule has 1 heterocycles. The van der Waals surface area contributed by atoms with Crippen LogP contribution in [0.3, 0.4) is 0 Å². The maximum atomic E-state index is 12.7. The van der Waals surface area contributed by atoms with Crippen molar-refractivity contribution >= 4 is 35.2 Å². The maximum Gasteiger partial charge on any atom is 0.341 e. The second-order valence-electron chi connectivity index (χ2n) is 6.90. The number of hydrogen-bond donors (Lipinski definition) is 2. The first-order valence-corrected chi connectivity index (χ1v) is 11.1. The third-order valence-corrected chi connectivity index (χ3v) is 5.25. The Hall–Kier alpha value is -3.65. The molecule has 32 heavy (non-hydrogen) atoms. The van der Waals surface area contributed by atoms with Gasteiger partial charge < -0.3 is 15.4 Å². The van der Waals surface area contributed by atoms with Crippen molar-refractivity contribution in [2.24, 2.45) is 0 Å². The minimum Gasteiger partial charge on any atom is -0.452 e. The van der Waals surface area contributed by atoms with Gasteiger partial charge >= 0.3 is 5.97 Å². The highest BCUT2D eigenvalue weighted by Crippen LogP contribution is 2.18. The highest BCUT2D eigenvalue weighted by atomic mass is 32.2. The summed E-state index contributed by atoms with van der Waals surface area (Å²) in [7, 11) is 0. The van der Waals surface area contributed by atoms with Crippen LogP contribution in [0.4, 0.5) is 5.69 Å². The molecule has 0 unspecified atom stereocenters. The molecule has 2 aromatic carbocycles. The summed E-state index contributed by atoms with van der Waals surface area (Å²) in [4.78, 5) is 41.4. The van der Waals surface area contributed by atoms with Gasteiger partial charge in [-0.3, -0.25) is 9.59 Å². The van der Waals surface area contributed by atoms with E-state index in [-0.39, 0.29) is 5.91 Å². The first kappa shape index (κ1) is 23.0. The van der Waals surface area contributed by atoms with Gasteiger partial charge in [0.1, 0.15) is 5.03 Å². The number of carbonyl (C=O) groups is 3. The van der Waals surface area contributed by atoms with Crippen LogP contribution in [0.5, 0.6) is 0 Å². The van der Waals surface area contributed by atoms with Gasteiger partial charge in [-0.25, -0.2) is 9.78 Å². The lowest BCUT2D eigenvalue weighted by atomic mass is 10.1. The van der Waals surface area contributed by atoms with Crippen molar-refractivity contribution in [3.63, 3.8) is 0 Å². The summed E-state index contributed by atoms with van der Waals surface area (Å²) in [5.41, 5.74) is 3.06. The number of nitrogens with zero attached hydrogens (tertiary/aromatic N) is 1. The number of rotatable bonds is 8. The zero-order valence-corrected chi connectivity index (χ0v) is 18.6. The number of aromatic nitrogens is 1. The maximum absolute atomic E-state index is 12.7. The predicted octanol–water partition coefficient (Wildman–Crippen LogP) is 3.84. The SMILES string of the molecule is CSc1ncccc1C(=O)OCC(=O)Nc1ccccc1C(=O)NCc1ccc(C)cc1. The lowest BCUT2D eigenvalue weighted by molar-refractivity contribution is -0.119. The van der Waals surface area contributed by atoms with Crippen molar-refractivity contribution in [1.29, 1.82) is 0 Å². The van der Waals surface area contributed by atoms with E-state index in [0.717, 1.165) is 11.1 Å². The Kier molecular flexibility index (Phi) is 7.99. The Labute approximate surface area is 190 Å². The number of para-hydroxylation sites is 1. The van der Waals surface area contributed by atoms with Crippen LogP contribution in [0.2, 0.25) is 0 Å². The monoisotopic (exact) mass is 449 g/mol. The second kappa shape index (κ2) is 11.1. The van der Waals surface area contributed by atoms with Crippen LogP contribution in [-0.4, -0.2) is 35.6 Å². The number of pyridine rings is 1. The number of carbonyl (C=O) groups excluding carboxylic acids is 3. The Bertz CT molecular complexity index is 1120. The molecule has 0 saturated carbocycles. The van der Waals surface area contributed by atoms with E-state index in [4.69, 9.17) is 4.74 Å². The van der Waals surface area contributed by atoms with Crippen LogP contribution in [-0.2, 0) is 16.1 Å². The molecule has 0 aliphatic carbocycles. The number of anilines is 1. The third-order valence-electron chi connectivity index (χ3n) is 4.54.